The molecule has 2 N–H and O–H groups in total. The molecule has 3 nitrogen and oxygen atoms in total. The van der Waals surface area contributed by atoms with Gasteiger partial charge in [-0.3, -0.25) is 4.79 Å². The average molecular weight is 216 g/mol. The van der Waals surface area contributed by atoms with Crippen molar-refractivity contribution in [2.45, 2.75) is 39.7 Å². The third kappa shape index (κ3) is 6.97. The Bertz CT molecular complexity index is 204. The molecular formula is C10H20N2OS. The van der Waals surface area contributed by atoms with Crippen LogP contribution in [0.5, 0.6) is 0 Å². The summed E-state index contributed by atoms with van der Waals surface area (Å²) in [5, 5.41) is 6.53. The standard InChI is InChI=1S/C10H20N2OS/c1-4-8(3)11-7-6-9(13)12-10(14)5-2/h5,8,11,14H,4,6-7H2,1-3H3,(H,12,13)/b10-5+. The van der Waals surface area contributed by atoms with Gasteiger partial charge in [0.15, 0.2) is 0 Å². The van der Waals surface area contributed by atoms with E-state index >= 15 is 0 Å². The Kier molecular flexibility index (Phi) is 7.61. The van der Waals surface area contributed by atoms with E-state index in [1.165, 1.54) is 0 Å². The summed E-state index contributed by atoms with van der Waals surface area (Å²) < 4.78 is 0. The lowest BCUT2D eigenvalue weighted by atomic mass is 10.2. The van der Waals surface area contributed by atoms with E-state index in [2.05, 4.69) is 37.1 Å². The molecule has 1 amide bonds. The van der Waals surface area contributed by atoms with E-state index in [1.807, 2.05) is 6.92 Å². The third-order valence-corrected chi connectivity index (χ3v) is 2.37. The maximum Gasteiger partial charge on any atom is 0.226 e. The Morgan fingerprint density at radius 3 is 2.71 bits per heavy atom. The number of amides is 1. The van der Waals surface area contributed by atoms with Crippen molar-refractivity contribution in [3.05, 3.63) is 11.1 Å². The van der Waals surface area contributed by atoms with Crippen LogP contribution in [0.1, 0.15) is 33.6 Å². The van der Waals surface area contributed by atoms with Crippen molar-refractivity contribution in [2.75, 3.05) is 6.54 Å². The summed E-state index contributed by atoms with van der Waals surface area (Å²) in [7, 11) is 0. The van der Waals surface area contributed by atoms with Crippen LogP contribution in [0.25, 0.3) is 0 Å². The first-order valence-corrected chi connectivity index (χ1v) is 5.43. The summed E-state index contributed by atoms with van der Waals surface area (Å²) in [6.07, 6.45) is 3.32. The van der Waals surface area contributed by atoms with Gasteiger partial charge in [0.05, 0.1) is 5.03 Å². The Hall–Kier alpha value is -0.480. The Balaban J connectivity index is 3.55. The van der Waals surface area contributed by atoms with Crippen LogP contribution >= 0.6 is 12.6 Å². The van der Waals surface area contributed by atoms with Crippen LogP contribution in [-0.4, -0.2) is 18.5 Å². The molecule has 0 aliphatic rings. The Labute approximate surface area is 91.8 Å². The van der Waals surface area contributed by atoms with Gasteiger partial charge in [-0.15, -0.1) is 12.6 Å². The van der Waals surface area contributed by atoms with Crippen LogP contribution in [0, 0.1) is 0 Å². The normalized spacial score (nSPS) is 13.9. The number of carbonyl (C=O) groups excluding carboxylic acids is 1. The molecule has 0 rings (SSSR count). The van der Waals surface area contributed by atoms with E-state index < -0.39 is 0 Å². The first-order chi connectivity index (χ1) is 6.60. The second kappa shape index (κ2) is 7.88. The molecule has 14 heavy (non-hydrogen) atoms. The number of allylic oxidation sites excluding steroid dienone is 1. The van der Waals surface area contributed by atoms with Crippen molar-refractivity contribution in [3.8, 4) is 0 Å². The maximum absolute atomic E-state index is 11.2. The van der Waals surface area contributed by atoms with Gasteiger partial charge in [0, 0.05) is 19.0 Å². The summed E-state index contributed by atoms with van der Waals surface area (Å²) in [5.74, 6) is 0.00361. The molecular weight excluding hydrogens is 196 g/mol. The zero-order valence-electron chi connectivity index (χ0n) is 9.13. The van der Waals surface area contributed by atoms with E-state index in [0.29, 0.717) is 24.0 Å². The zero-order valence-corrected chi connectivity index (χ0v) is 10.0. The van der Waals surface area contributed by atoms with Crippen LogP contribution in [0.15, 0.2) is 11.1 Å². The molecule has 0 fully saturated rings. The first-order valence-electron chi connectivity index (χ1n) is 4.98. The molecule has 0 aliphatic carbocycles. The zero-order chi connectivity index (χ0) is 11.0. The highest BCUT2D eigenvalue weighted by Crippen LogP contribution is 1.94. The van der Waals surface area contributed by atoms with Crippen molar-refractivity contribution in [2.24, 2.45) is 0 Å². The molecule has 1 unspecified atom stereocenters. The minimum absolute atomic E-state index is 0.00361. The van der Waals surface area contributed by atoms with Gasteiger partial charge >= 0.3 is 0 Å². The van der Waals surface area contributed by atoms with Gasteiger partial charge in [0.25, 0.3) is 0 Å². The van der Waals surface area contributed by atoms with Crippen LogP contribution in [-0.2, 0) is 4.79 Å². The van der Waals surface area contributed by atoms with Crippen molar-refractivity contribution < 1.29 is 4.79 Å². The molecule has 0 spiro atoms. The molecule has 0 heterocycles. The number of hydrogen-bond donors (Lipinski definition) is 3. The fraction of sp³-hybridized carbons (Fsp3) is 0.700. The second-order valence-electron chi connectivity index (χ2n) is 3.24. The average Bonchev–Trinajstić information content (AvgIpc) is 2.17. The molecule has 0 saturated heterocycles. The van der Waals surface area contributed by atoms with Gasteiger partial charge in [-0.05, 0) is 20.3 Å². The Morgan fingerprint density at radius 2 is 2.21 bits per heavy atom. The SMILES string of the molecule is C/C=C(/S)NC(=O)CCNC(C)CC. The van der Waals surface area contributed by atoms with E-state index in [0.717, 1.165) is 6.42 Å². The van der Waals surface area contributed by atoms with Crippen LogP contribution in [0.4, 0.5) is 0 Å². The molecule has 0 aromatic rings. The molecule has 4 heteroatoms. The highest BCUT2D eigenvalue weighted by atomic mass is 32.1. The maximum atomic E-state index is 11.2. The highest BCUT2D eigenvalue weighted by molar-refractivity contribution is 7.84. The minimum atomic E-state index is 0.00361. The van der Waals surface area contributed by atoms with Crippen LogP contribution < -0.4 is 10.6 Å². The van der Waals surface area contributed by atoms with Crippen LogP contribution in [0.3, 0.4) is 0 Å². The van der Waals surface area contributed by atoms with Crippen molar-refractivity contribution in [3.63, 3.8) is 0 Å². The van der Waals surface area contributed by atoms with Crippen molar-refractivity contribution in [1.29, 1.82) is 0 Å². The summed E-state index contributed by atoms with van der Waals surface area (Å²) in [6, 6.07) is 0.472. The molecule has 0 aliphatic heterocycles. The van der Waals surface area contributed by atoms with Gasteiger partial charge in [-0.2, -0.15) is 0 Å². The number of thiol groups is 1. The van der Waals surface area contributed by atoms with Gasteiger partial charge in [-0.1, -0.05) is 13.0 Å². The summed E-state index contributed by atoms with van der Waals surface area (Å²) in [4.78, 5) is 11.2. The molecule has 1 atom stereocenters. The number of hydrogen-bond acceptors (Lipinski definition) is 3. The fourth-order valence-corrected chi connectivity index (χ4v) is 0.979. The summed E-state index contributed by atoms with van der Waals surface area (Å²) in [6.45, 7) is 6.77. The third-order valence-electron chi connectivity index (χ3n) is 2.00. The highest BCUT2D eigenvalue weighted by Gasteiger charge is 2.02. The largest absolute Gasteiger partial charge is 0.321 e. The van der Waals surface area contributed by atoms with Crippen molar-refractivity contribution >= 4 is 18.5 Å². The molecule has 0 saturated carbocycles. The number of nitrogens with one attached hydrogen (secondary N) is 2. The van der Waals surface area contributed by atoms with E-state index in [9.17, 15) is 4.79 Å². The molecule has 0 aromatic heterocycles. The summed E-state index contributed by atoms with van der Waals surface area (Å²) >= 11 is 4.06. The molecule has 82 valence electrons. The van der Waals surface area contributed by atoms with Crippen molar-refractivity contribution in [1.82, 2.24) is 10.6 Å². The molecule has 0 bridgehead atoms. The summed E-state index contributed by atoms with van der Waals surface area (Å²) in [5.41, 5.74) is 0. The topological polar surface area (TPSA) is 41.1 Å². The van der Waals surface area contributed by atoms with Gasteiger partial charge < -0.3 is 10.6 Å². The minimum Gasteiger partial charge on any atom is -0.321 e. The smallest absolute Gasteiger partial charge is 0.226 e. The Morgan fingerprint density at radius 1 is 1.57 bits per heavy atom. The van der Waals surface area contributed by atoms with E-state index in [4.69, 9.17) is 0 Å². The van der Waals surface area contributed by atoms with Crippen LogP contribution in [0.2, 0.25) is 0 Å². The van der Waals surface area contributed by atoms with Gasteiger partial charge in [0.1, 0.15) is 0 Å². The van der Waals surface area contributed by atoms with E-state index in [1.54, 1.807) is 6.08 Å². The lowest BCUT2D eigenvalue weighted by molar-refractivity contribution is -0.120. The monoisotopic (exact) mass is 216 g/mol. The number of rotatable bonds is 6. The number of carbonyl (C=O) groups is 1. The van der Waals surface area contributed by atoms with Gasteiger partial charge in [-0.25, -0.2) is 0 Å². The quantitative estimate of drug-likeness (QED) is 0.591. The fourth-order valence-electron chi connectivity index (χ4n) is 0.854. The predicted molar refractivity (Wildman–Crippen MR) is 63.3 cm³/mol. The molecule has 0 aromatic carbocycles. The second-order valence-corrected chi connectivity index (χ2v) is 3.72. The van der Waals surface area contributed by atoms with Gasteiger partial charge in [0.2, 0.25) is 5.91 Å². The molecule has 0 radical (unpaired) electrons. The lowest BCUT2D eigenvalue weighted by Crippen LogP contribution is -2.30. The predicted octanol–water partition coefficient (Wildman–Crippen LogP) is 1.67. The lowest BCUT2D eigenvalue weighted by Gasteiger charge is -2.10. The first kappa shape index (κ1) is 13.5. The van der Waals surface area contributed by atoms with E-state index in [-0.39, 0.29) is 5.91 Å².